The van der Waals surface area contributed by atoms with E-state index in [4.69, 9.17) is 13.9 Å². The number of ether oxygens (including phenoxy) is 2. The fourth-order valence-electron chi connectivity index (χ4n) is 5.44. The van der Waals surface area contributed by atoms with E-state index in [1.165, 1.54) is 12.0 Å². The zero-order valence-corrected chi connectivity index (χ0v) is 22.3. The molecule has 0 N–H and O–H groups in total. The van der Waals surface area contributed by atoms with Crippen molar-refractivity contribution in [1.82, 2.24) is 4.90 Å². The number of carbonyl (C=O) groups excluding carboxylic acids is 1. The average molecular weight is 526 g/mol. The minimum atomic E-state index is -3.29. The van der Waals surface area contributed by atoms with Crippen LogP contribution in [0.2, 0.25) is 0 Å². The molecule has 0 bridgehead atoms. The number of nitrogens with zero attached hydrogens (tertiary/aromatic N) is 1. The largest absolute Gasteiger partial charge is 0.493 e. The van der Waals surface area contributed by atoms with Crippen LogP contribution in [0.5, 0.6) is 11.5 Å². The van der Waals surface area contributed by atoms with Crippen LogP contribution in [-0.4, -0.2) is 50.5 Å². The lowest BCUT2D eigenvalue weighted by molar-refractivity contribution is 0.0662. The summed E-state index contributed by atoms with van der Waals surface area (Å²) in [5, 5.41) is 0.404. The molecule has 9 heteroatoms. The van der Waals surface area contributed by atoms with Gasteiger partial charge in [-0.3, -0.25) is 9.59 Å². The van der Waals surface area contributed by atoms with E-state index in [0.717, 1.165) is 24.0 Å². The summed E-state index contributed by atoms with van der Waals surface area (Å²) in [5.41, 5.74) is 2.62. The number of amides is 1. The second-order valence-corrected chi connectivity index (χ2v) is 12.1. The molecule has 2 atom stereocenters. The summed E-state index contributed by atoms with van der Waals surface area (Å²) in [7, 11) is -1.75. The Morgan fingerprint density at radius 2 is 1.89 bits per heavy atom. The lowest BCUT2D eigenvalue weighted by Crippen LogP contribution is -2.40. The first-order valence-electron chi connectivity index (χ1n) is 12.6. The minimum absolute atomic E-state index is 0.000305. The highest BCUT2D eigenvalue weighted by atomic mass is 32.2. The summed E-state index contributed by atoms with van der Waals surface area (Å²) in [6.45, 7) is 6.36. The van der Waals surface area contributed by atoms with Crippen molar-refractivity contribution in [2.45, 2.75) is 52.1 Å². The molecule has 2 aromatic carbocycles. The van der Waals surface area contributed by atoms with Crippen LogP contribution in [0.4, 0.5) is 0 Å². The number of aryl methyl sites for hydroxylation is 2. The van der Waals surface area contributed by atoms with Crippen LogP contribution in [0.25, 0.3) is 11.0 Å². The van der Waals surface area contributed by atoms with E-state index in [9.17, 15) is 18.0 Å². The first kappa shape index (κ1) is 25.3. The fourth-order valence-corrected chi connectivity index (χ4v) is 7.15. The Labute approximate surface area is 216 Å². The van der Waals surface area contributed by atoms with Crippen LogP contribution < -0.4 is 14.9 Å². The molecule has 1 amide bonds. The minimum Gasteiger partial charge on any atom is -0.493 e. The fraction of sp³-hybridized carbons (Fsp3) is 0.429. The summed E-state index contributed by atoms with van der Waals surface area (Å²) in [6.07, 6.45) is 2.19. The van der Waals surface area contributed by atoms with Crippen LogP contribution >= 0.6 is 0 Å². The third kappa shape index (κ3) is 4.39. The maximum absolute atomic E-state index is 13.9. The van der Waals surface area contributed by atoms with Gasteiger partial charge in [0.05, 0.1) is 42.2 Å². The predicted octanol–water partition coefficient (Wildman–Crippen LogP) is 4.33. The van der Waals surface area contributed by atoms with Crippen molar-refractivity contribution in [2.75, 3.05) is 25.2 Å². The summed E-state index contributed by atoms with van der Waals surface area (Å²) >= 11 is 0. The monoisotopic (exact) mass is 525 g/mol. The maximum atomic E-state index is 13.9. The van der Waals surface area contributed by atoms with Gasteiger partial charge in [-0.15, -0.1) is 0 Å². The number of benzene rings is 2. The maximum Gasteiger partial charge on any atom is 0.291 e. The predicted molar refractivity (Wildman–Crippen MR) is 140 cm³/mol. The molecule has 2 unspecified atom stereocenters. The summed E-state index contributed by atoms with van der Waals surface area (Å²) < 4.78 is 42.3. The molecule has 2 aliphatic rings. The normalized spacial score (nSPS) is 20.4. The third-order valence-corrected chi connectivity index (χ3v) is 8.95. The highest BCUT2D eigenvalue weighted by Gasteiger charge is 2.48. The van der Waals surface area contributed by atoms with Gasteiger partial charge in [0, 0.05) is 6.04 Å². The molecule has 8 nitrogen and oxygen atoms in total. The van der Waals surface area contributed by atoms with Gasteiger partial charge in [0.15, 0.2) is 26.8 Å². The molecule has 2 aliphatic heterocycles. The SMILES string of the molecule is CCCCOc1ccc(C2c3c(oc4c(C)cc(C)cc4c3=O)C(=O)N2C2CCS(=O)(=O)C2)cc1OC. The van der Waals surface area contributed by atoms with Crippen molar-refractivity contribution in [1.29, 1.82) is 0 Å². The highest BCUT2D eigenvalue weighted by Crippen LogP contribution is 2.43. The Morgan fingerprint density at radius 1 is 1.11 bits per heavy atom. The van der Waals surface area contributed by atoms with Crippen molar-refractivity contribution in [3.63, 3.8) is 0 Å². The van der Waals surface area contributed by atoms with Gasteiger partial charge in [0.1, 0.15) is 5.58 Å². The molecule has 1 fully saturated rings. The molecule has 3 heterocycles. The van der Waals surface area contributed by atoms with Gasteiger partial charge in [-0.1, -0.05) is 25.5 Å². The van der Waals surface area contributed by atoms with Crippen LogP contribution in [0, 0.1) is 13.8 Å². The second kappa shape index (κ2) is 9.52. The van der Waals surface area contributed by atoms with E-state index in [1.54, 1.807) is 24.3 Å². The van der Waals surface area contributed by atoms with E-state index in [2.05, 4.69) is 6.92 Å². The van der Waals surface area contributed by atoms with Crippen molar-refractivity contribution in [3.8, 4) is 11.5 Å². The Hall–Kier alpha value is -3.33. The van der Waals surface area contributed by atoms with Gasteiger partial charge in [-0.2, -0.15) is 0 Å². The molecule has 196 valence electrons. The number of carbonyl (C=O) groups is 1. The Balaban J connectivity index is 1.70. The van der Waals surface area contributed by atoms with E-state index in [-0.39, 0.29) is 28.3 Å². The van der Waals surface area contributed by atoms with Crippen LogP contribution in [0.15, 0.2) is 39.5 Å². The lowest BCUT2D eigenvalue weighted by Gasteiger charge is -2.30. The Morgan fingerprint density at radius 3 is 2.57 bits per heavy atom. The first-order valence-corrected chi connectivity index (χ1v) is 14.4. The lowest BCUT2D eigenvalue weighted by atomic mass is 9.96. The topological polar surface area (TPSA) is 103 Å². The highest BCUT2D eigenvalue weighted by molar-refractivity contribution is 7.91. The number of unbranched alkanes of at least 4 members (excludes halogenated alkanes) is 1. The van der Waals surface area contributed by atoms with Crippen LogP contribution in [0.3, 0.4) is 0 Å². The number of hydrogen-bond acceptors (Lipinski definition) is 7. The van der Waals surface area contributed by atoms with Crippen molar-refractivity contribution < 1.29 is 27.1 Å². The van der Waals surface area contributed by atoms with Gasteiger partial charge in [0.25, 0.3) is 5.91 Å². The summed E-state index contributed by atoms with van der Waals surface area (Å²) in [4.78, 5) is 29.2. The third-order valence-electron chi connectivity index (χ3n) is 7.20. The average Bonchev–Trinajstić information content (AvgIpc) is 3.36. The molecular formula is C28H31NO7S. The second-order valence-electron chi connectivity index (χ2n) is 9.92. The zero-order chi connectivity index (χ0) is 26.5. The van der Waals surface area contributed by atoms with Gasteiger partial charge in [0.2, 0.25) is 5.76 Å². The molecule has 0 spiro atoms. The van der Waals surface area contributed by atoms with E-state index in [1.807, 2.05) is 19.9 Å². The van der Waals surface area contributed by atoms with Gasteiger partial charge < -0.3 is 18.8 Å². The number of fused-ring (bicyclic) bond motifs is 2. The zero-order valence-electron chi connectivity index (χ0n) is 21.5. The van der Waals surface area contributed by atoms with E-state index >= 15 is 0 Å². The van der Waals surface area contributed by atoms with Crippen molar-refractivity contribution >= 4 is 26.7 Å². The van der Waals surface area contributed by atoms with Gasteiger partial charge >= 0.3 is 0 Å². The molecule has 0 saturated carbocycles. The number of rotatable bonds is 7. The van der Waals surface area contributed by atoms with Crippen molar-refractivity contribution in [3.05, 3.63) is 68.6 Å². The van der Waals surface area contributed by atoms with E-state index in [0.29, 0.717) is 41.1 Å². The molecule has 37 heavy (non-hydrogen) atoms. The summed E-state index contributed by atoms with van der Waals surface area (Å²) in [5.74, 6) is 0.398. The van der Waals surface area contributed by atoms with Crippen LogP contribution in [-0.2, 0) is 9.84 Å². The standard InChI is InChI=1S/C28H31NO7S/c1-5-6-10-35-21-8-7-18(14-22(21)34-4)24-23-25(30)20-13-16(2)12-17(3)26(20)36-27(23)28(31)29(24)19-9-11-37(32,33)15-19/h7-8,12-14,19,24H,5-6,9-11,15H2,1-4H3. The molecule has 3 aromatic rings. The van der Waals surface area contributed by atoms with Crippen molar-refractivity contribution in [2.24, 2.45) is 0 Å². The molecule has 1 aromatic heterocycles. The smallest absolute Gasteiger partial charge is 0.291 e. The molecule has 5 rings (SSSR count). The van der Waals surface area contributed by atoms with Gasteiger partial charge in [-0.25, -0.2) is 8.42 Å². The number of methoxy groups -OCH3 is 1. The summed E-state index contributed by atoms with van der Waals surface area (Å²) in [6, 6.07) is 7.63. The number of hydrogen-bond donors (Lipinski definition) is 0. The molecule has 1 saturated heterocycles. The van der Waals surface area contributed by atoms with Crippen LogP contribution in [0.1, 0.15) is 65.0 Å². The number of sulfone groups is 1. The first-order chi connectivity index (χ1) is 17.6. The Bertz CT molecular complexity index is 1560. The van der Waals surface area contributed by atoms with Gasteiger partial charge in [-0.05, 0) is 61.6 Å². The quantitative estimate of drug-likeness (QED) is 0.423. The van der Waals surface area contributed by atoms with E-state index < -0.39 is 27.8 Å². The molecule has 0 radical (unpaired) electrons. The molecular weight excluding hydrogens is 494 g/mol. The Kier molecular flexibility index (Phi) is 6.52. The molecule has 0 aliphatic carbocycles.